The van der Waals surface area contributed by atoms with Crippen molar-refractivity contribution in [3.05, 3.63) is 0 Å². The van der Waals surface area contributed by atoms with Gasteiger partial charge in [0, 0.05) is 19.3 Å². The largest absolute Gasteiger partial charge is 0.443 e. The zero-order chi connectivity index (χ0) is 20.8. The molecule has 2 nitrogen and oxygen atoms in total. The van der Waals surface area contributed by atoms with Gasteiger partial charge in [-0.1, -0.05) is 135 Å². The molecule has 0 aliphatic carbocycles. The Balaban J connectivity index is 3.39. The van der Waals surface area contributed by atoms with Crippen LogP contribution < -0.4 is 0 Å². The first-order valence-corrected chi connectivity index (χ1v) is 15.7. The first-order chi connectivity index (χ1) is 13.7. The molecule has 0 fully saturated rings. The monoisotopic (exact) mass is 434 g/mol. The van der Waals surface area contributed by atoms with Crippen LogP contribution in [-0.4, -0.2) is 21.1 Å². The van der Waals surface area contributed by atoms with Crippen molar-refractivity contribution in [1.29, 1.82) is 0 Å². The predicted octanol–water partition coefficient (Wildman–Crippen LogP) is 9.28. The highest BCUT2D eigenvalue weighted by atomic mass is 35.6. The summed E-state index contributed by atoms with van der Waals surface area (Å²) in [6.07, 6.45) is 24.4. The fourth-order valence-corrected chi connectivity index (χ4v) is 6.51. The summed E-state index contributed by atoms with van der Waals surface area (Å²) in [5.41, 5.74) is 0. The van der Waals surface area contributed by atoms with Gasteiger partial charge in [0.15, 0.2) is 0 Å². The minimum absolute atomic E-state index is 0.734. The van der Waals surface area contributed by atoms with E-state index in [1.807, 2.05) is 0 Å². The quantitative estimate of drug-likeness (QED) is 0.0905. The molecule has 0 aromatic rings. The van der Waals surface area contributed by atoms with E-state index in [2.05, 4.69) is 20.8 Å². The van der Waals surface area contributed by atoms with Gasteiger partial charge in [-0.05, 0) is 12.8 Å². The van der Waals surface area contributed by atoms with Crippen molar-refractivity contribution in [2.75, 3.05) is 13.2 Å². The molecule has 0 bridgehead atoms. The molecule has 170 valence electrons. The summed E-state index contributed by atoms with van der Waals surface area (Å²) in [4.78, 5) is 0. The lowest BCUT2D eigenvalue weighted by molar-refractivity contribution is 0.185. The van der Waals surface area contributed by atoms with Crippen LogP contribution in [-0.2, 0) is 8.85 Å². The van der Waals surface area contributed by atoms with E-state index in [0.29, 0.717) is 0 Å². The molecule has 0 N–H and O–H groups in total. The molecular weight excluding hydrogens is 384 g/mol. The lowest BCUT2D eigenvalue weighted by atomic mass is 10.0. The van der Waals surface area contributed by atoms with Crippen LogP contribution in [0.3, 0.4) is 0 Å². The van der Waals surface area contributed by atoms with Crippen LogP contribution in [0.4, 0.5) is 0 Å². The average Bonchev–Trinajstić information content (AvgIpc) is 2.70. The van der Waals surface area contributed by atoms with Crippen molar-refractivity contribution in [2.24, 2.45) is 0 Å². The molecule has 0 rings (SSSR count). The number of hydrogen-bond donors (Lipinski definition) is 0. The average molecular weight is 435 g/mol. The Morgan fingerprint density at radius 1 is 0.464 bits per heavy atom. The minimum atomic E-state index is -2.43. The van der Waals surface area contributed by atoms with Crippen LogP contribution in [0.1, 0.15) is 136 Å². The van der Waals surface area contributed by atoms with E-state index in [1.165, 1.54) is 96.3 Å². The summed E-state index contributed by atoms with van der Waals surface area (Å²) in [6, 6.07) is 0.938. The standard InChI is InChI=1S/C24H51ClO2Si/c1-4-7-8-9-10-11-12-13-14-15-16-17-18-19-20-21-24-28(25,26-22-5-2)27-23-6-3/h4-24H2,1-3H3. The molecule has 0 spiro atoms. The molecule has 0 heterocycles. The Kier molecular flexibility index (Phi) is 22.5. The van der Waals surface area contributed by atoms with Gasteiger partial charge in [0.2, 0.25) is 0 Å². The number of rotatable bonds is 23. The molecule has 0 saturated heterocycles. The van der Waals surface area contributed by atoms with Crippen LogP contribution in [0, 0.1) is 0 Å². The van der Waals surface area contributed by atoms with Gasteiger partial charge in [-0.25, -0.2) is 0 Å². The van der Waals surface area contributed by atoms with Gasteiger partial charge in [-0.2, -0.15) is 0 Å². The minimum Gasteiger partial charge on any atom is -0.383 e. The summed E-state index contributed by atoms with van der Waals surface area (Å²) < 4.78 is 11.8. The highest BCUT2D eigenvalue weighted by Crippen LogP contribution is 2.23. The van der Waals surface area contributed by atoms with E-state index in [1.54, 1.807) is 0 Å². The Bertz CT molecular complexity index is 294. The second kappa shape index (κ2) is 22.1. The molecule has 4 heteroatoms. The third kappa shape index (κ3) is 19.7. The van der Waals surface area contributed by atoms with Crippen LogP contribution in [0.5, 0.6) is 0 Å². The van der Waals surface area contributed by atoms with Crippen molar-refractivity contribution in [1.82, 2.24) is 0 Å². The first kappa shape index (κ1) is 28.4. The molecule has 0 aromatic heterocycles. The maximum Gasteiger partial charge on any atom is 0.443 e. The van der Waals surface area contributed by atoms with E-state index in [0.717, 1.165) is 38.5 Å². The molecule has 28 heavy (non-hydrogen) atoms. The Morgan fingerprint density at radius 3 is 1.11 bits per heavy atom. The van der Waals surface area contributed by atoms with Gasteiger partial charge in [0.25, 0.3) is 0 Å². The summed E-state index contributed by atoms with van der Waals surface area (Å²) in [5, 5.41) is 0. The van der Waals surface area contributed by atoms with Gasteiger partial charge in [-0.15, -0.1) is 0 Å². The van der Waals surface area contributed by atoms with Crippen LogP contribution in [0.2, 0.25) is 6.04 Å². The number of halogens is 1. The third-order valence-electron chi connectivity index (χ3n) is 5.37. The first-order valence-electron chi connectivity index (χ1n) is 12.6. The van der Waals surface area contributed by atoms with Gasteiger partial charge in [0.05, 0.1) is 0 Å². The zero-order valence-corrected chi connectivity index (χ0v) is 21.3. The second-order valence-corrected chi connectivity index (χ2v) is 12.5. The fraction of sp³-hybridized carbons (Fsp3) is 1.00. The van der Waals surface area contributed by atoms with Crippen molar-refractivity contribution >= 4 is 18.9 Å². The van der Waals surface area contributed by atoms with Crippen molar-refractivity contribution in [2.45, 2.75) is 142 Å². The molecule has 0 amide bonds. The van der Waals surface area contributed by atoms with E-state index >= 15 is 0 Å². The number of unbranched alkanes of at least 4 members (excludes halogenated alkanes) is 15. The van der Waals surface area contributed by atoms with Gasteiger partial charge >= 0.3 is 7.87 Å². The lowest BCUT2D eigenvalue weighted by Crippen LogP contribution is -2.36. The number of hydrogen-bond acceptors (Lipinski definition) is 2. The zero-order valence-electron chi connectivity index (χ0n) is 19.5. The summed E-state index contributed by atoms with van der Waals surface area (Å²) >= 11 is 6.66. The molecule has 0 unspecified atom stereocenters. The SMILES string of the molecule is CCCCCCCCCCCCCCCCCC[Si](Cl)(OCCC)OCCC. The Morgan fingerprint density at radius 2 is 0.786 bits per heavy atom. The molecule has 0 atom stereocenters. The normalized spacial score (nSPS) is 12.0. The topological polar surface area (TPSA) is 18.5 Å². The summed E-state index contributed by atoms with van der Waals surface area (Å²) in [6.45, 7) is 8.01. The maximum absolute atomic E-state index is 6.66. The maximum atomic E-state index is 6.66. The Labute approximate surface area is 183 Å². The van der Waals surface area contributed by atoms with E-state index < -0.39 is 7.87 Å². The van der Waals surface area contributed by atoms with Crippen LogP contribution in [0.25, 0.3) is 0 Å². The van der Waals surface area contributed by atoms with Crippen molar-refractivity contribution in [3.63, 3.8) is 0 Å². The highest BCUT2D eigenvalue weighted by Gasteiger charge is 2.34. The molecule has 0 radical (unpaired) electrons. The molecule has 0 aliphatic rings. The third-order valence-corrected chi connectivity index (χ3v) is 8.82. The molecule has 0 aromatic carbocycles. The van der Waals surface area contributed by atoms with Gasteiger partial charge in [-0.3, -0.25) is 0 Å². The smallest absolute Gasteiger partial charge is 0.383 e. The summed E-state index contributed by atoms with van der Waals surface area (Å²) in [5.74, 6) is 0. The predicted molar refractivity (Wildman–Crippen MR) is 128 cm³/mol. The van der Waals surface area contributed by atoms with Crippen LogP contribution in [0.15, 0.2) is 0 Å². The van der Waals surface area contributed by atoms with E-state index in [9.17, 15) is 0 Å². The van der Waals surface area contributed by atoms with Crippen molar-refractivity contribution < 1.29 is 8.85 Å². The van der Waals surface area contributed by atoms with Gasteiger partial charge in [0.1, 0.15) is 0 Å². The van der Waals surface area contributed by atoms with Crippen LogP contribution >= 0.6 is 11.1 Å². The Hall–Kier alpha value is 0.427. The summed E-state index contributed by atoms with van der Waals surface area (Å²) in [7, 11) is -2.43. The second-order valence-electron chi connectivity index (χ2n) is 8.41. The molecule has 0 saturated carbocycles. The van der Waals surface area contributed by atoms with Gasteiger partial charge < -0.3 is 8.85 Å². The molecule has 0 aliphatic heterocycles. The molecular formula is C24H51ClO2Si. The van der Waals surface area contributed by atoms with Crippen molar-refractivity contribution in [3.8, 4) is 0 Å². The van der Waals surface area contributed by atoms with E-state index in [-0.39, 0.29) is 0 Å². The highest BCUT2D eigenvalue weighted by molar-refractivity contribution is 7.12. The lowest BCUT2D eigenvalue weighted by Gasteiger charge is -2.23. The fourth-order valence-electron chi connectivity index (χ4n) is 3.58. The van der Waals surface area contributed by atoms with E-state index in [4.69, 9.17) is 19.9 Å².